The molecule has 0 unspecified atom stereocenters. The van der Waals surface area contributed by atoms with Gasteiger partial charge in [0.1, 0.15) is 11.5 Å². The van der Waals surface area contributed by atoms with Crippen molar-refractivity contribution in [3.05, 3.63) is 142 Å². The maximum absolute atomic E-state index is 13.5. The average molecular weight is 609 g/mol. The third-order valence-electron chi connectivity index (χ3n) is 9.21. The second-order valence-corrected chi connectivity index (χ2v) is 12.0. The molecule has 46 heavy (non-hydrogen) atoms. The first-order chi connectivity index (χ1) is 22.4. The van der Waals surface area contributed by atoms with Crippen LogP contribution in [0.4, 0.5) is 11.4 Å². The number of hydrogen-bond acceptors (Lipinski definition) is 6. The zero-order chi connectivity index (χ0) is 31.9. The second-order valence-electron chi connectivity index (χ2n) is 12.0. The van der Waals surface area contributed by atoms with E-state index in [4.69, 9.17) is 0 Å². The number of ketones is 2. The minimum Gasteiger partial charge on any atom is -0.506 e. The fourth-order valence-corrected chi connectivity index (χ4v) is 6.70. The van der Waals surface area contributed by atoms with Gasteiger partial charge in [-0.15, -0.1) is 0 Å². The van der Waals surface area contributed by atoms with Gasteiger partial charge >= 0.3 is 0 Å². The smallest absolute Gasteiger partial charge is 0.201 e. The molecule has 2 aliphatic carbocycles. The van der Waals surface area contributed by atoms with E-state index in [1.54, 1.807) is 24.3 Å². The Bertz CT molecular complexity index is 1830. The van der Waals surface area contributed by atoms with Crippen molar-refractivity contribution >= 4 is 45.2 Å². The van der Waals surface area contributed by atoms with Crippen LogP contribution in [0.25, 0.3) is 22.3 Å². The van der Waals surface area contributed by atoms with Gasteiger partial charge in [0.15, 0.2) is 0 Å². The van der Waals surface area contributed by atoms with Gasteiger partial charge in [-0.05, 0) is 48.3 Å². The molecule has 2 N–H and O–H groups in total. The number of aliphatic hydroxyl groups excluding tert-OH is 2. The summed E-state index contributed by atoms with van der Waals surface area (Å²) in [6.07, 6.45) is 12.1. The van der Waals surface area contributed by atoms with Crippen LogP contribution in [0.2, 0.25) is 0 Å². The van der Waals surface area contributed by atoms with Crippen LogP contribution in [0.3, 0.4) is 0 Å². The van der Waals surface area contributed by atoms with Crippen LogP contribution < -0.4 is 9.80 Å². The van der Waals surface area contributed by atoms with Gasteiger partial charge in [-0.2, -0.15) is 0 Å². The van der Waals surface area contributed by atoms with E-state index in [9.17, 15) is 19.8 Å². The van der Waals surface area contributed by atoms with Crippen molar-refractivity contribution in [2.45, 2.75) is 39.5 Å². The number of carbonyl (C=O) groups is 2. The number of allylic oxidation sites excluding steroid dienone is 8. The number of unbranched alkanes of at least 4 members (excludes halogenated alkanes) is 2. The third-order valence-corrected chi connectivity index (χ3v) is 9.21. The van der Waals surface area contributed by atoms with Crippen molar-refractivity contribution in [3.8, 4) is 0 Å². The van der Waals surface area contributed by atoms with Gasteiger partial charge in [-0.25, -0.2) is 0 Å². The molecule has 6 heteroatoms. The van der Waals surface area contributed by atoms with Crippen molar-refractivity contribution < 1.29 is 19.8 Å². The Morgan fingerprint density at radius 3 is 1.30 bits per heavy atom. The fraction of sp³-hybridized carbons (Fsp3) is 0.200. The Morgan fingerprint density at radius 1 is 0.543 bits per heavy atom. The summed E-state index contributed by atoms with van der Waals surface area (Å²) in [7, 11) is 0. The van der Waals surface area contributed by atoms with E-state index in [2.05, 4.69) is 23.6 Å². The van der Waals surface area contributed by atoms with Crippen LogP contribution in [0.1, 0.15) is 61.8 Å². The molecule has 230 valence electrons. The van der Waals surface area contributed by atoms with Crippen LogP contribution in [-0.2, 0) is 9.59 Å². The predicted octanol–water partition coefficient (Wildman–Crippen LogP) is 8.57. The van der Waals surface area contributed by atoms with E-state index in [0.29, 0.717) is 33.4 Å². The van der Waals surface area contributed by atoms with Crippen molar-refractivity contribution in [2.24, 2.45) is 0 Å². The van der Waals surface area contributed by atoms with Gasteiger partial charge in [0.25, 0.3) is 0 Å². The van der Waals surface area contributed by atoms with Crippen molar-refractivity contribution in [1.82, 2.24) is 0 Å². The lowest BCUT2D eigenvalue weighted by atomic mass is 9.77. The predicted molar refractivity (Wildman–Crippen MR) is 185 cm³/mol. The molecule has 0 atom stereocenters. The molecule has 0 fully saturated rings. The van der Waals surface area contributed by atoms with E-state index in [1.165, 1.54) is 0 Å². The maximum Gasteiger partial charge on any atom is 0.201 e. The highest BCUT2D eigenvalue weighted by atomic mass is 16.3. The monoisotopic (exact) mass is 608 g/mol. The van der Waals surface area contributed by atoms with Gasteiger partial charge in [-0.1, -0.05) is 87.4 Å². The van der Waals surface area contributed by atoms with Crippen LogP contribution in [0.5, 0.6) is 0 Å². The number of Topliss-reactive ketones (excluding diaryl/α,β-unsaturated/α-hetero) is 2. The molecule has 0 amide bonds. The Kier molecular flexibility index (Phi) is 7.57. The lowest BCUT2D eigenvalue weighted by molar-refractivity contribution is -0.112. The van der Waals surface area contributed by atoms with E-state index in [0.717, 1.165) is 61.3 Å². The van der Waals surface area contributed by atoms with E-state index in [-0.39, 0.29) is 34.2 Å². The summed E-state index contributed by atoms with van der Waals surface area (Å²) < 4.78 is 0. The Balaban J connectivity index is 1.18. The van der Waals surface area contributed by atoms with E-state index in [1.807, 2.05) is 73.1 Å². The van der Waals surface area contributed by atoms with Crippen molar-refractivity contribution in [2.75, 3.05) is 22.9 Å². The largest absolute Gasteiger partial charge is 0.506 e. The number of carbonyl (C=O) groups excluding carboxylic acids is 2. The Labute approximate surface area is 269 Å². The maximum atomic E-state index is 13.5. The standard InChI is InChI=1S/C40H36N2O4/c1-3-5-21-41-23-19-29(27-11-7-9-13-31(27)41)35-37(43)33(38(35)44)25-15-17-26(18-16-25)34-39(45)36(40(34)46)30-20-24-42(22-6-4-2)32-14-10-8-12-28(30)32/h7-20,23-24,43,45H,3-6,21-22H2,1-2H3. The number of para-hydroxylation sites is 2. The Hall–Kier alpha value is -5.36. The quantitative estimate of drug-likeness (QED) is 0.250. The van der Waals surface area contributed by atoms with Crippen LogP contribution in [0.15, 0.2) is 120 Å². The number of rotatable bonds is 8. The first-order valence-corrected chi connectivity index (χ1v) is 16.1. The molecule has 7 rings (SSSR count). The number of anilines is 2. The summed E-state index contributed by atoms with van der Waals surface area (Å²) >= 11 is 0. The minimum atomic E-state index is -0.216. The summed E-state index contributed by atoms with van der Waals surface area (Å²) in [6.45, 7) is 6.08. The molecule has 3 aromatic rings. The van der Waals surface area contributed by atoms with Gasteiger partial charge in [0, 0.05) is 59.1 Å². The van der Waals surface area contributed by atoms with Crippen LogP contribution in [0, 0.1) is 0 Å². The van der Waals surface area contributed by atoms with Gasteiger partial charge in [0.2, 0.25) is 11.6 Å². The zero-order valence-corrected chi connectivity index (χ0v) is 26.1. The highest BCUT2D eigenvalue weighted by Crippen LogP contribution is 2.46. The lowest BCUT2D eigenvalue weighted by Crippen LogP contribution is -2.26. The zero-order valence-electron chi connectivity index (χ0n) is 26.1. The molecular weight excluding hydrogens is 572 g/mol. The van der Waals surface area contributed by atoms with Crippen LogP contribution >= 0.6 is 0 Å². The summed E-state index contributed by atoms with van der Waals surface area (Å²) in [5.74, 6) is -0.491. The lowest BCUT2D eigenvalue weighted by Gasteiger charge is -2.31. The highest BCUT2D eigenvalue weighted by molar-refractivity contribution is 6.43. The molecule has 0 radical (unpaired) electrons. The Morgan fingerprint density at radius 2 is 0.935 bits per heavy atom. The second kappa shape index (κ2) is 11.9. The number of hydrogen-bond donors (Lipinski definition) is 2. The van der Waals surface area contributed by atoms with E-state index >= 15 is 0 Å². The highest BCUT2D eigenvalue weighted by Gasteiger charge is 2.40. The van der Waals surface area contributed by atoms with Gasteiger partial charge in [-0.3, -0.25) is 9.59 Å². The number of aliphatic hydroxyl groups is 2. The number of benzene rings is 3. The first-order valence-electron chi connectivity index (χ1n) is 16.1. The summed E-state index contributed by atoms with van der Waals surface area (Å²) in [5, 5.41) is 22.3. The fourth-order valence-electron chi connectivity index (χ4n) is 6.70. The molecule has 0 aromatic heterocycles. The average Bonchev–Trinajstić information content (AvgIpc) is 3.08. The van der Waals surface area contributed by atoms with Gasteiger partial charge < -0.3 is 20.0 Å². The molecule has 2 heterocycles. The molecule has 3 aromatic carbocycles. The molecular formula is C40H36N2O4. The first kappa shape index (κ1) is 29.4. The SMILES string of the molecule is CCCCN1C=CC(=C2C(=O)C(c3ccc(C4=C(O)C(=C5C=CN(CCCC)c6ccccc65)C4=O)cc3)=C2O)c2ccccc21. The molecule has 4 aliphatic rings. The van der Waals surface area contributed by atoms with Crippen LogP contribution in [-0.4, -0.2) is 34.9 Å². The van der Waals surface area contributed by atoms with Gasteiger partial charge in [0.05, 0.1) is 22.3 Å². The molecule has 2 aliphatic heterocycles. The molecule has 0 bridgehead atoms. The molecule has 0 saturated heterocycles. The van der Waals surface area contributed by atoms with Crippen molar-refractivity contribution in [1.29, 1.82) is 0 Å². The number of fused-ring (bicyclic) bond motifs is 2. The summed E-state index contributed by atoms with van der Waals surface area (Å²) in [5.41, 5.74) is 7.59. The van der Waals surface area contributed by atoms with Crippen molar-refractivity contribution in [3.63, 3.8) is 0 Å². The molecule has 0 spiro atoms. The summed E-state index contributed by atoms with van der Waals surface area (Å²) in [4.78, 5) is 31.3. The minimum absolute atomic E-state index is 0.0289. The molecule has 0 saturated carbocycles. The molecule has 6 nitrogen and oxygen atoms in total. The summed E-state index contributed by atoms with van der Waals surface area (Å²) in [6, 6.07) is 22.8. The number of nitrogens with zero attached hydrogens (tertiary/aromatic N) is 2. The topological polar surface area (TPSA) is 81.1 Å². The van der Waals surface area contributed by atoms with E-state index < -0.39 is 0 Å². The normalized spacial score (nSPS) is 20.2. The third kappa shape index (κ3) is 4.64.